The molecule has 0 unspecified atom stereocenters. The fourth-order valence-corrected chi connectivity index (χ4v) is 3.34. The number of amides is 1. The second-order valence-electron chi connectivity index (χ2n) is 6.62. The summed E-state index contributed by atoms with van der Waals surface area (Å²) >= 11 is 0. The number of para-hydroxylation sites is 1. The molecule has 4 nitrogen and oxygen atoms in total. The molecule has 4 heteroatoms. The second-order valence-corrected chi connectivity index (χ2v) is 6.62. The minimum Gasteiger partial charge on any atom is -0.496 e. The van der Waals surface area contributed by atoms with Crippen LogP contribution in [0, 0.1) is 0 Å². The molecule has 0 radical (unpaired) electrons. The number of likely N-dealkylation sites (tertiary alicyclic amines) is 1. The van der Waals surface area contributed by atoms with Crippen LogP contribution in [0.2, 0.25) is 0 Å². The Morgan fingerprint density at radius 1 is 1.12 bits per heavy atom. The highest BCUT2D eigenvalue weighted by Gasteiger charge is 2.15. The number of nitrogens with zero attached hydrogens (tertiary/aromatic N) is 1. The third-order valence-electron chi connectivity index (χ3n) is 4.77. The lowest BCUT2D eigenvalue weighted by atomic mass is 10.1. The summed E-state index contributed by atoms with van der Waals surface area (Å²) in [6, 6.07) is 15.6. The van der Waals surface area contributed by atoms with Gasteiger partial charge in [0.1, 0.15) is 5.75 Å². The molecule has 0 saturated carbocycles. The molecule has 1 aliphatic heterocycles. The molecule has 132 valence electrons. The maximum absolute atomic E-state index is 12.5. The first-order valence-electron chi connectivity index (χ1n) is 8.92. The molecule has 0 aliphatic carbocycles. The van der Waals surface area contributed by atoms with Crippen molar-refractivity contribution in [3.8, 4) is 5.75 Å². The molecule has 2 aromatic rings. The van der Waals surface area contributed by atoms with Gasteiger partial charge in [0, 0.05) is 17.7 Å². The molecule has 1 saturated heterocycles. The van der Waals surface area contributed by atoms with E-state index in [1.54, 1.807) is 7.11 Å². The van der Waals surface area contributed by atoms with Crippen molar-refractivity contribution < 1.29 is 9.53 Å². The fourth-order valence-electron chi connectivity index (χ4n) is 3.34. The molecule has 1 fully saturated rings. The van der Waals surface area contributed by atoms with Crippen LogP contribution in [0.5, 0.6) is 5.75 Å². The SMILES string of the molecule is COc1ccccc1[C@@H](C)NC(=O)c1ccc(CN2CCCC2)cc1. The van der Waals surface area contributed by atoms with Gasteiger partial charge in [0.2, 0.25) is 0 Å². The zero-order valence-corrected chi connectivity index (χ0v) is 15.0. The molecule has 0 spiro atoms. The third kappa shape index (κ3) is 4.40. The van der Waals surface area contributed by atoms with Crippen LogP contribution in [0.4, 0.5) is 0 Å². The molecule has 1 N–H and O–H groups in total. The van der Waals surface area contributed by atoms with Gasteiger partial charge in [-0.15, -0.1) is 0 Å². The largest absolute Gasteiger partial charge is 0.496 e. The molecular formula is C21H26N2O2. The summed E-state index contributed by atoms with van der Waals surface area (Å²) in [5.74, 6) is 0.724. The molecule has 2 aromatic carbocycles. The number of methoxy groups -OCH3 is 1. The molecule has 1 heterocycles. The number of hydrogen-bond donors (Lipinski definition) is 1. The number of nitrogens with one attached hydrogen (secondary N) is 1. The van der Waals surface area contributed by atoms with Crippen molar-refractivity contribution in [2.24, 2.45) is 0 Å². The molecular weight excluding hydrogens is 312 g/mol. The van der Waals surface area contributed by atoms with Crippen molar-refractivity contribution in [3.05, 3.63) is 65.2 Å². The number of carbonyl (C=O) groups excluding carboxylic acids is 1. The highest BCUT2D eigenvalue weighted by atomic mass is 16.5. The summed E-state index contributed by atoms with van der Waals surface area (Å²) in [6.07, 6.45) is 2.59. The predicted molar refractivity (Wildman–Crippen MR) is 99.8 cm³/mol. The summed E-state index contributed by atoms with van der Waals surface area (Å²) in [4.78, 5) is 15.0. The Bertz CT molecular complexity index is 706. The van der Waals surface area contributed by atoms with Crippen molar-refractivity contribution in [1.82, 2.24) is 10.2 Å². The van der Waals surface area contributed by atoms with E-state index >= 15 is 0 Å². The average Bonchev–Trinajstić information content (AvgIpc) is 3.15. The van der Waals surface area contributed by atoms with Gasteiger partial charge in [-0.1, -0.05) is 30.3 Å². The van der Waals surface area contributed by atoms with Gasteiger partial charge in [0.05, 0.1) is 13.2 Å². The Hall–Kier alpha value is -2.33. The van der Waals surface area contributed by atoms with Crippen LogP contribution in [0.3, 0.4) is 0 Å². The Labute approximate surface area is 149 Å². The van der Waals surface area contributed by atoms with E-state index in [1.165, 1.54) is 31.5 Å². The quantitative estimate of drug-likeness (QED) is 0.871. The first-order chi connectivity index (χ1) is 12.2. The average molecular weight is 338 g/mol. The van der Waals surface area contributed by atoms with Crippen molar-refractivity contribution >= 4 is 5.91 Å². The van der Waals surface area contributed by atoms with Gasteiger partial charge in [0.15, 0.2) is 0 Å². The van der Waals surface area contributed by atoms with Gasteiger partial charge < -0.3 is 10.1 Å². The maximum Gasteiger partial charge on any atom is 0.251 e. The molecule has 25 heavy (non-hydrogen) atoms. The monoisotopic (exact) mass is 338 g/mol. The first-order valence-corrected chi connectivity index (χ1v) is 8.92. The molecule has 1 aliphatic rings. The predicted octanol–water partition coefficient (Wildman–Crippen LogP) is 3.78. The minimum absolute atomic E-state index is 0.0638. The number of hydrogen-bond acceptors (Lipinski definition) is 3. The first kappa shape index (κ1) is 17.5. The number of ether oxygens (including phenoxy) is 1. The van der Waals surface area contributed by atoms with Crippen LogP contribution in [0.1, 0.15) is 47.3 Å². The van der Waals surface area contributed by atoms with Crippen molar-refractivity contribution in [1.29, 1.82) is 0 Å². The zero-order chi connectivity index (χ0) is 17.6. The number of carbonyl (C=O) groups is 1. The van der Waals surface area contributed by atoms with Gasteiger partial charge in [-0.2, -0.15) is 0 Å². The van der Waals surface area contributed by atoms with E-state index < -0.39 is 0 Å². The van der Waals surface area contributed by atoms with Crippen LogP contribution in [-0.2, 0) is 6.54 Å². The van der Waals surface area contributed by atoms with E-state index in [-0.39, 0.29) is 11.9 Å². The molecule has 0 aromatic heterocycles. The van der Waals surface area contributed by atoms with Gasteiger partial charge in [-0.3, -0.25) is 9.69 Å². The van der Waals surface area contributed by atoms with Gasteiger partial charge >= 0.3 is 0 Å². The van der Waals surface area contributed by atoms with Crippen molar-refractivity contribution in [2.45, 2.75) is 32.4 Å². The van der Waals surface area contributed by atoms with Crippen molar-refractivity contribution in [2.75, 3.05) is 20.2 Å². The Balaban J connectivity index is 1.62. The summed E-state index contributed by atoms with van der Waals surface area (Å²) in [5.41, 5.74) is 2.92. The summed E-state index contributed by atoms with van der Waals surface area (Å²) in [5, 5.41) is 3.05. The van der Waals surface area contributed by atoms with Crippen molar-refractivity contribution in [3.63, 3.8) is 0 Å². The van der Waals surface area contributed by atoms with Gasteiger partial charge in [-0.25, -0.2) is 0 Å². The minimum atomic E-state index is -0.118. The molecule has 1 atom stereocenters. The molecule has 0 bridgehead atoms. The Morgan fingerprint density at radius 2 is 1.80 bits per heavy atom. The zero-order valence-electron chi connectivity index (χ0n) is 15.0. The van der Waals surface area contributed by atoms with E-state index in [2.05, 4.69) is 22.3 Å². The lowest BCUT2D eigenvalue weighted by molar-refractivity contribution is 0.0939. The third-order valence-corrected chi connectivity index (χ3v) is 4.77. The Morgan fingerprint density at radius 3 is 2.48 bits per heavy atom. The van der Waals surface area contributed by atoms with E-state index in [4.69, 9.17) is 4.74 Å². The lowest BCUT2D eigenvalue weighted by Gasteiger charge is -2.18. The van der Waals surface area contributed by atoms with E-state index in [0.717, 1.165) is 17.9 Å². The van der Waals surface area contributed by atoms with Crippen LogP contribution in [0.15, 0.2) is 48.5 Å². The van der Waals surface area contributed by atoms with E-state index in [9.17, 15) is 4.79 Å². The number of rotatable bonds is 6. The van der Waals surface area contributed by atoms with E-state index in [0.29, 0.717) is 5.56 Å². The Kier molecular flexibility index (Phi) is 5.71. The molecule has 3 rings (SSSR count). The topological polar surface area (TPSA) is 41.6 Å². The summed E-state index contributed by atoms with van der Waals surface area (Å²) < 4.78 is 5.38. The highest BCUT2D eigenvalue weighted by Crippen LogP contribution is 2.24. The lowest BCUT2D eigenvalue weighted by Crippen LogP contribution is -2.27. The summed E-state index contributed by atoms with van der Waals surface area (Å²) in [6.45, 7) is 5.30. The molecule has 1 amide bonds. The van der Waals surface area contributed by atoms with Gasteiger partial charge in [-0.05, 0) is 56.6 Å². The van der Waals surface area contributed by atoms with Crippen LogP contribution in [-0.4, -0.2) is 31.0 Å². The number of benzene rings is 2. The van der Waals surface area contributed by atoms with Crippen LogP contribution < -0.4 is 10.1 Å². The van der Waals surface area contributed by atoms with Crippen LogP contribution >= 0.6 is 0 Å². The maximum atomic E-state index is 12.5. The second kappa shape index (κ2) is 8.17. The summed E-state index contributed by atoms with van der Waals surface area (Å²) in [7, 11) is 1.65. The normalized spacial score (nSPS) is 15.8. The fraction of sp³-hybridized carbons (Fsp3) is 0.381. The highest BCUT2D eigenvalue weighted by molar-refractivity contribution is 5.94. The smallest absolute Gasteiger partial charge is 0.251 e. The van der Waals surface area contributed by atoms with E-state index in [1.807, 2.05) is 43.3 Å². The van der Waals surface area contributed by atoms with Gasteiger partial charge in [0.25, 0.3) is 5.91 Å². The standard InChI is InChI=1S/C21H26N2O2/c1-16(19-7-3-4-8-20(19)25-2)22-21(24)18-11-9-17(10-12-18)15-23-13-5-6-14-23/h3-4,7-12,16H,5-6,13-15H2,1-2H3,(H,22,24)/t16-/m1/s1. The van der Waals surface area contributed by atoms with Crippen LogP contribution in [0.25, 0.3) is 0 Å².